The van der Waals surface area contributed by atoms with Crippen LogP contribution in [0.1, 0.15) is 68.2 Å². The molecule has 0 atom stereocenters. The number of fused-ring (bicyclic) bond motifs is 9. The molecule has 0 saturated heterocycles. The molecule has 0 amide bonds. The third-order valence-corrected chi connectivity index (χ3v) is 14.2. The third-order valence-electron chi connectivity index (χ3n) is 14.2. The van der Waals surface area contributed by atoms with Gasteiger partial charge in [-0.15, -0.1) is 0 Å². The standard InChI is InChI=1S/C49H41NO/c1-48(2)42-12-6-3-9-36(42)38-18-15-33(26-44(38)48)50(35-17-20-41-40-11-5-8-14-46(40)51-47(41)28-35)34-16-19-39-37-10-4-7-13-43(37)49(45(39)27-34)31-22-29-21-30(24-31)25-32(49)23-29/h3-20,26-32H,21-25H2,1-2H3. The van der Waals surface area contributed by atoms with Gasteiger partial charge in [0.1, 0.15) is 11.2 Å². The van der Waals surface area contributed by atoms with Crippen LogP contribution in [0.15, 0.2) is 132 Å². The topological polar surface area (TPSA) is 16.4 Å². The zero-order valence-corrected chi connectivity index (χ0v) is 29.3. The molecule has 2 heteroatoms. The lowest BCUT2D eigenvalue weighted by atomic mass is 9.43. The number of nitrogens with zero attached hydrogens (tertiary/aromatic N) is 1. The number of para-hydroxylation sites is 1. The van der Waals surface area contributed by atoms with Gasteiger partial charge in [0.2, 0.25) is 0 Å². The number of anilines is 3. The Labute approximate surface area is 299 Å². The van der Waals surface area contributed by atoms with E-state index >= 15 is 0 Å². The number of furan rings is 1. The predicted octanol–water partition coefficient (Wildman–Crippen LogP) is 13.1. The van der Waals surface area contributed by atoms with Gasteiger partial charge in [0.25, 0.3) is 0 Å². The Morgan fingerprint density at radius 1 is 0.471 bits per heavy atom. The Hall–Kier alpha value is -5.08. The van der Waals surface area contributed by atoms with Gasteiger partial charge in [0, 0.05) is 44.7 Å². The average molecular weight is 660 g/mol. The molecule has 13 rings (SSSR count). The van der Waals surface area contributed by atoms with Crippen molar-refractivity contribution in [2.24, 2.45) is 23.7 Å². The van der Waals surface area contributed by atoms with Crippen molar-refractivity contribution in [3.63, 3.8) is 0 Å². The molecule has 51 heavy (non-hydrogen) atoms. The first-order valence-electron chi connectivity index (χ1n) is 19.2. The fourth-order valence-electron chi connectivity index (χ4n) is 12.4. The number of benzene rings is 6. The molecule has 0 N–H and O–H groups in total. The second-order valence-corrected chi connectivity index (χ2v) is 17.0. The van der Waals surface area contributed by atoms with Gasteiger partial charge in [-0.05, 0) is 143 Å². The van der Waals surface area contributed by atoms with Crippen molar-refractivity contribution >= 4 is 39.0 Å². The SMILES string of the molecule is CC1(C)c2ccccc2-c2ccc(N(c3ccc4c(c3)C3(c5ccccc5-4)C4CC5CC(C4)CC3C5)c3ccc4c(c3)oc3ccccc34)cc21. The molecule has 4 saturated carbocycles. The summed E-state index contributed by atoms with van der Waals surface area (Å²) in [6.07, 6.45) is 7.01. The lowest BCUT2D eigenvalue weighted by Gasteiger charge is -2.61. The third kappa shape index (κ3) is 3.63. The normalized spacial score (nSPS) is 25.7. The maximum Gasteiger partial charge on any atom is 0.137 e. The fraction of sp³-hybridized carbons (Fsp3) is 0.265. The van der Waals surface area contributed by atoms with E-state index in [-0.39, 0.29) is 10.8 Å². The van der Waals surface area contributed by atoms with E-state index in [0.29, 0.717) is 0 Å². The highest BCUT2D eigenvalue weighted by Gasteiger charge is 2.61. The van der Waals surface area contributed by atoms with Crippen LogP contribution < -0.4 is 4.90 Å². The Morgan fingerprint density at radius 2 is 1.00 bits per heavy atom. The molecule has 0 aliphatic heterocycles. The van der Waals surface area contributed by atoms with Gasteiger partial charge in [-0.3, -0.25) is 0 Å². The summed E-state index contributed by atoms with van der Waals surface area (Å²) in [4.78, 5) is 2.51. The van der Waals surface area contributed by atoms with Crippen molar-refractivity contribution < 1.29 is 4.42 Å². The minimum Gasteiger partial charge on any atom is -0.456 e. The minimum atomic E-state index is -0.0830. The van der Waals surface area contributed by atoms with Gasteiger partial charge in [-0.1, -0.05) is 92.7 Å². The minimum absolute atomic E-state index is 0.0830. The maximum atomic E-state index is 6.51. The molecule has 0 unspecified atom stereocenters. The fourth-order valence-corrected chi connectivity index (χ4v) is 12.4. The van der Waals surface area contributed by atoms with Gasteiger partial charge >= 0.3 is 0 Å². The molecule has 6 aliphatic carbocycles. The van der Waals surface area contributed by atoms with Crippen LogP contribution in [0.5, 0.6) is 0 Å². The maximum absolute atomic E-state index is 6.51. The van der Waals surface area contributed by atoms with Crippen molar-refractivity contribution in [2.45, 2.75) is 56.8 Å². The summed E-state index contributed by atoms with van der Waals surface area (Å²) in [5, 5.41) is 2.33. The van der Waals surface area contributed by atoms with E-state index in [1.807, 2.05) is 0 Å². The Bertz CT molecular complexity index is 2570. The van der Waals surface area contributed by atoms with Crippen LogP contribution in [-0.2, 0) is 10.8 Å². The molecule has 4 fully saturated rings. The first-order valence-corrected chi connectivity index (χ1v) is 19.2. The first-order chi connectivity index (χ1) is 25.0. The van der Waals surface area contributed by atoms with Crippen molar-refractivity contribution in [3.8, 4) is 22.3 Å². The van der Waals surface area contributed by atoms with Gasteiger partial charge in [-0.25, -0.2) is 0 Å². The molecule has 6 aliphatic rings. The summed E-state index contributed by atoms with van der Waals surface area (Å²) in [5.41, 5.74) is 17.1. The zero-order chi connectivity index (χ0) is 33.6. The van der Waals surface area contributed by atoms with Gasteiger partial charge in [0.05, 0.1) is 0 Å². The van der Waals surface area contributed by atoms with Crippen LogP contribution in [0, 0.1) is 23.7 Å². The van der Waals surface area contributed by atoms with Crippen molar-refractivity contribution in [1.29, 1.82) is 0 Å². The van der Waals surface area contributed by atoms with Crippen molar-refractivity contribution in [3.05, 3.63) is 150 Å². The molecule has 7 aromatic rings. The van der Waals surface area contributed by atoms with E-state index in [1.54, 1.807) is 11.1 Å². The first kappa shape index (κ1) is 28.6. The summed E-state index contributed by atoms with van der Waals surface area (Å²) in [6, 6.07) is 48.3. The second-order valence-electron chi connectivity index (χ2n) is 17.0. The molecule has 1 heterocycles. The average Bonchev–Trinajstić information content (AvgIpc) is 3.74. The van der Waals surface area contributed by atoms with Gasteiger partial charge in [-0.2, -0.15) is 0 Å². The quantitative estimate of drug-likeness (QED) is 0.188. The predicted molar refractivity (Wildman–Crippen MR) is 209 cm³/mol. The summed E-state index contributed by atoms with van der Waals surface area (Å²) in [6.45, 7) is 4.77. The largest absolute Gasteiger partial charge is 0.456 e. The van der Waals surface area contributed by atoms with E-state index in [1.165, 1.54) is 82.2 Å². The molecule has 1 aromatic heterocycles. The molecular formula is C49H41NO. The summed E-state index contributed by atoms with van der Waals surface area (Å²) in [7, 11) is 0. The van der Waals surface area contributed by atoms with Crippen LogP contribution in [-0.4, -0.2) is 0 Å². The van der Waals surface area contributed by atoms with E-state index in [2.05, 4.69) is 146 Å². The Kier molecular flexibility index (Phi) is 5.51. The highest BCUT2D eigenvalue weighted by molar-refractivity contribution is 6.06. The Morgan fingerprint density at radius 3 is 1.75 bits per heavy atom. The van der Waals surface area contributed by atoms with E-state index < -0.39 is 0 Å². The molecule has 0 radical (unpaired) electrons. The monoisotopic (exact) mass is 659 g/mol. The summed E-state index contributed by atoms with van der Waals surface area (Å²) < 4.78 is 6.51. The molecule has 1 spiro atoms. The molecule has 2 nitrogen and oxygen atoms in total. The summed E-state index contributed by atoms with van der Waals surface area (Å²) >= 11 is 0. The number of rotatable bonds is 3. The molecule has 248 valence electrons. The van der Waals surface area contributed by atoms with Gasteiger partial charge < -0.3 is 9.32 Å². The lowest BCUT2D eigenvalue weighted by Crippen LogP contribution is -2.55. The van der Waals surface area contributed by atoms with Gasteiger partial charge in [0.15, 0.2) is 0 Å². The highest BCUT2D eigenvalue weighted by atomic mass is 16.3. The van der Waals surface area contributed by atoms with E-state index in [0.717, 1.165) is 45.9 Å². The molecule has 6 aromatic carbocycles. The van der Waals surface area contributed by atoms with Crippen molar-refractivity contribution in [2.75, 3.05) is 4.90 Å². The number of hydrogen-bond acceptors (Lipinski definition) is 2. The summed E-state index contributed by atoms with van der Waals surface area (Å²) in [5.74, 6) is 3.30. The zero-order valence-electron chi connectivity index (χ0n) is 29.3. The molecule has 4 bridgehead atoms. The highest BCUT2D eigenvalue weighted by Crippen LogP contribution is 2.69. The lowest BCUT2D eigenvalue weighted by molar-refractivity contribution is -0.0399. The smallest absolute Gasteiger partial charge is 0.137 e. The van der Waals surface area contributed by atoms with Crippen LogP contribution in [0.25, 0.3) is 44.2 Å². The van der Waals surface area contributed by atoms with Crippen LogP contribution in [0.4, 0.5) is 17.1 Å². The van der Waals surface area contributed by atoms with E-state index in [9.17, 15) is 0 Å². The Balaban J connectivity index is 1.09. The van der Waals surface area contributed by atoms with Crippen LogP contribution in [0.3, 0.4) is 0 Å². The van der Waals surface area contributed by atoms with Crippen LogP contribution in [0.2, 0.25) is 0 Å². The molecular weight excluding hydrogens is 619 g/mol. The van der Waals surface area contributed by atoms with Crippen molar-refractivity contribution in [1.82, 2.24) is 0 Å². The van der Waals surface area contributed by atoms with E-state index in [4.69, 9.17) is 4.42 Å². The van der Waals surface area contributed by atoms with Crippen LogP contribution >= 0.6 is 0 Å². The second kappa shape index (κ2) is 9.82. The number of hydrogen-bond donors (Lipinski definition) is 0.